The Labute approximate surface area is 80.8 Å². The van der Waals surface area contributed by atoms with Crippen LogP contribution in [-0.2, 0) is 6.54 Å². The molecule has 0 aliphatic heterocycles. The van der Waals surface area contributed by atoms with Crippen molar-refractivity contribution in [1.29, 1.82) is 5.41 Å². The summed E-state index contributed by atoms with van der Waals surface area (Å²) in [4.78, 5) is 3.83. The molecule has 0 fully saturated rings. The van der Waals surface area contributed by atoms with E-state index in [9.17, 15) is 5.11 Å². The van der Waals surface area contributed by atoms with Crippen LogP contribution in [0.1, 0.15) is 0 Å². The predicted molar refractivity (Wildman–Crippen MR) is 53.7 cm³/mol. The highest BCUT2D eigenvalue weighted by atomic mass is 32.2. The van der Waals surface area contributed by atoms with Crippen molar-refractivity contribution in [1.82, 2.24) is 9.55 Å². The van der Waals surface area contributed by atoms with Gasteiger partial charge < -0.3 is 9.67 Å². The third-order valence-electron chi connectivity index (χ3n) is 1.46. The molecule has 13 heavy (non-hydrogen) atoms. The second-order valence-corrected chi connectivity index (χ2v) is 3.43. The van der Waals surface area contributed by atoms with E-state index in [0.717, 1.165) is 11.8 Å². The maximum atomic E-state index is 9.48. The quantitative estimate of drug-likeness (QED) is 0.561. The van der Waals surface area contributed by atoms with E-state index in [1.54, 1.807) is 23.3 Å². The third-order valence-corrected chi connectivity index (χ3v) is 2.15. The van der Waals surface area contributed by atoms with Crippen LogP contribution in [0, 0.1) is 5.41 Å². The van der Waals surface area contributed by atoms with E-state index in [-0.39, 0.29) is 5.04 Å². The number of thioether (sulfide) groups is 1. The van der Waals surface area contributed by atoms with Crippen LogP contribution >= 0.6 is 11.8 Å². The van der Waals surface area contributed by atoms with Gasteiger partial charge in [0.1, 0.15) is 6.10 Å². The van der Waals surface area contributed by atoms with E-state index >= 15 is 0 Å². The van der Waals surface area contributed by atoms with E-state index in [4.69, 9.17) is 5.41 Å². The van der Waals surface area contributed by atoms with Gasteiger partial charge in [-0.05, 0) is 5.41 Å². The Hall–Kier alpha value is -1.07. The average Bonchev–Trinajstić information content (AvgIpc) is 2.57. The molecular weight excluding hydrogens is 186 g/mol. The largest absolute Gasteiger partial charge is 0.384 e. The van der Waals surface area contributed by atoms with Crippen molar-refractivity contribution in [3.8, 4) is 0 Å². The summed E-state index contributed by atoms with van der Waals surface area (Å²) >= 11 is 1.12. The van der Waals surface area contributed by atoms with Crippen molar-refractivity contribution in [3.05, 3.63) is 30.7 Å². The first-order valence-corrected chi connectivity index (χ1v) is 4.62. The fraction of sp³-hybridized carbons (Fsp3) is 0.250. The summed E-state index contributed by atoms with van der Waals surface area (Å²) in [5, 5.41) is 18.6. The van der Waals surface area contributed by atoms with Crippen molar-refractivity contribution >= 4 is 16.8 Å². The van der Waals surface area contributed by atoms with Crippen LogP contribution in [0.3, 0.4) is 0 Å². The van der Waals surface area contributed by atoms with Gasteiger partial charge in [-0.15, -0.1) is 0 Å². The van der Waals surface area contributed by atoms with Gasteiger partial charge in [0, 0.05) is 12.4 Å². The molecule has 0 aliphatic rings. The zero-order valence-corrected chi connectivity index (χ0v) is 7.87. The molecule has 1 heterocycles. The van der Waals surface area contributed by atoms with Gasteiger partial charge in [0.25, 0.3) is 0 Å². The van der Waals surface area contributed by atoms with Gasteiger partial charge in [0.2, 0.25) is 0 Å². The monoisotopic (exact) mass is 197 g/mol. The number of nitrogens with zero attached hydrogens (tertiary/aromatic N) is 2. The molecule has 0 bridgehead atoms. The summed E-state index contributed by atoms with van der Waals surface area (Å²) in [5.41, 5.74) is 0. The minimum Gasteiger partial charge on any atom is -0.384 e. The maximum absolute atomic E-state index is 9.48. The molecule has 0 saturated carbocycles. The summed E-state index contributed by atoms with van der Waals surface area (Å²) < 4.78 is 1.73. The lowest BCUT2D eigenvalue weighted by atomic mass is 10.4. The molecule has 2 N–H and O–H groups in total. The molecule has 0 amide bonds. The summed E-state index contributed by atoms with van der Waals surface area (Å²) in [6.07, 6.45) is 4.21. The van der Waals surface area contributed by atoms with E-state index in [1.165, 1.54) is 5.41 Å². The number of hydrogen-bond donors (Lipinski definition) is 2. The molecule has 0 aromatic carbocycles. The molecule has 4 nitrogen and oxygen atoms in total. The molecule has 70 valence electrons. The van der Waals surface area contributed by atoms with Crippen LogP contribution in [0.25, 0.3) is 0 Å². The SMILES string of the molecule is C=CSC(=N)C(O)Cn1ccnc1. The zero-order chi connectivity index (χ0) is 9.68. The Morgan fingerprint density at radius 3 is 3.15 bits per heavy atom. The molecule has 1 rings (SSSR count). The molecule has 1 atom stereocenters. The predicted octanol–water partition coefficient (Wildman–Crippen LogP) is 1.10. The highest BCUT2D eigenvalue weighted by molar-refractivity contribution is 8.16. The number of aliphatic hydroxyl groups excluding tert-OH is 1. The third kappa shape index (κ3) is 3.04. The molecular formula is C8H11N3OS. The van der Waals surface area contributed by atoms with E-state index < -0.39 is 6.10 Å². The van der Waals surface area contributed by atoms with Gasteiger partial charge in [-0.1, -0.05) is 18.3 Å². The van der Waals surface area contributed by atoms with Gasteiger partial charge in [0.15, 0.2) is 0 Å². The van der Waals surface area contributed by atoms with Crippen LogP contribution in [0.5, 0.6) is 0 Å². The molecule has 1 aromatic rings. The minimum absolute atomic E-state index is 0.198. The molecule has 0 saturated heterocycles. The average molecular weight is 197 g/mol. The molecule has 1 aromatic heterocycles. The molecule has 0 radical (unpaired) electrons. The molecule has 0 spiro atoms. The summed E-state index contributed by atoms with van der Waals surface area (Å²) in [6.45, 7) is 3.83. The van der Waals surface area contributed by atoms with Crippen molar-refractivity contribution in [2.75, 3.05) is 0 Å². The number of aromatic nitrogens is 2. The normalized spacial score (nSPS) is 12.4. The highest BCUT2D eigenvalue weighted by Crippen LogP contribution is 2.08. The van der Waals surface area contributed by atoms with Gasteiger partial charge >= 0.3 is 0 Å². The summed E-state index contributed by atoms with van der Waals surface area (Å²) in [7, 11) is 0. The first-order valence-electron chi connectivity index (χ1n) is 3.74. The molecule has 0 aliphatic carbocycles. The fourth-order valence-corrected chi connectivity index (χ4v) is 1.26. The Morgan fingerprint density at radius 2 is 2.62 bits per heavy atom. The maximum Gasteiger partial charge on any atom is 0.119 e. The second kappa shape index (κ2) is 4.84. The highest BCUT2D eigenvalue weighted by Gasteiger charge is 2.10. The lowest BCUT2D eigenvalue weighted by Crippen LogP contribution is -2.22. The van der Waals surface area contributed by atoms with Crippen LogP contribution in [0.4, 0.5) is 0 Å². The Morgan fingerprint density at radius 1 is 1.85 bits per heavy atom. The second-order valence-electron chi connectivity index (χ2n) is 2.42. The van der Waals surface area contributed by atoms with Gasteiger partial charge in [-0.25, -0.2) is 4.98 Å². The van der Waals surface area contributed by atoms with Crippen LogP contribution in [0.2, 0.25) is 0 Å². The first-order chi connectivity index (χ1) is 6.24. The zero-order valence-electron chi connectivity index (χ0n) is 7.05. The Kier molecular flexibility index (Phi) is 3.72. The van der Waals surface area contributed by atoms with Crippen LogP contribution < -0.4 is 0 Å². The summed E-state index contributed by atoms with van der Waals surface area (Å²) in [6, 6.07) is 0. The number of nitrogens with one attached hydrogen (secondary N) is 1. The smallest absolute Gasteiger partial charge is 0.119 e. The lowest BCUT2D eigenvalue weighted by Gasteiger charge is -2.10. The Bertz CT molecular complexity index is 284. The lowest BCUT2D eigenvalue weighted by molar-refractivity contribution is 0.221. The topological polar surface area (TPSA) is 61.9 Å². The van der Waals surface area contributed by atoms with Gasteiger partial charge in [-0.3, -0.25) is 5.41 Å². The summed E-state index contributed by atoms with van der Waals surface area (Å²) in [5.74, 6) is 0. The van der Waals surface area contributed by atoms with Crippen LogP contribution in [-0.4, -0.2) is 25.8 Å². The first kappa shape index (κ1) is 10.0. The number of rotatable bonds is 4. The Balaban J connectivity index is 2.45. The van der Waals surface area contributed by atoms with Gasteiger partial charge in [0.05, 0.1) is 17.9 Å². The minimum atomic E-state index is -0.780. The van der Waals surface area contributed by atoms with Gasteiger partial charge in [-0.2, -0.15) is 0 Å². The number of aliphatic hydroxyl groups is 1. The molecule has 5 heteroatoms. The number of hydrogen-bond acceptors (Lipinski definition) is 4. The van der Waals surface area contributed by atoms with Crippen molar-refractivity contribution in [3.63, 3.8) is 0 Å². The van der Waals surface area contributed by atoms with Crippen LogP contribution in [0.15, 0.2) is 30.7 Å². The number of imidazole rings is 1. The van der Waals surface area contributed by atoms with E-state index in [1.807, 2.05) is 0 Å². The van der Waals surface area contributed by atoms with E-state index in [2.05, 4.69) is 11.6 Å². The van der Waals surface area contributed by atoms with E-state index in [0.29, 0.717) is 6.54 Å². The standard InChI is InChI=1S/C8H11N3OS/c1-2-13-8(9)7(12)5-11-4-3-10-6-11/h2-4,6-7,9,12H,1,5H2. The van der Waals surface area contributed by atoms with Crippen molar-refractivity contribution in [2.45, 2.75) is 12.6 Å². The van der Waals surface area contributed by atoms with Crippen molar-refractivity contribution < 1.29 is 5.11 Å². The molecule has 1 unspecified atom stereocenters. The fourth-order valence-electron chi connectivity index (χ4n) is 0.846. The van der Waals surface area contributed by atoms with Crippen molar-refractivity contribution in [2.24, 2.45) is 0 Å².